The van der Waals surface area contributed by atoms with Crippen molar-refractivity contribution in [1.82, 2.24) is 10.2 Å². The molecular formula is C26H32N2O3. The van der Waals surface area contributed by atoms with Crippen LogP contribution in [0.5, 0.6) is 5.75 Å². The molecular weight excluding hydrogens is 388 g/mol. The maximum Gasteiger partial charge on any atom is 0.261 e. The minimum atomic E-state index is -0.590. The largest absolute Gasteiger partial charge is 0.484 e. The summed E-state index contributed by atoms with van der Waals surface area (Å²) >= 11 is 0. The zero-order valence-corrected chi connectivity index (χ0v) is 18.3. The highest BCUT2D eigenvalue weighted by atomic mass is 16.5. The number of nitrogens with zero attached hydrogens (tertiary/aromatic N) is 1. The first-order chi connectivity index (χ1) is 15.1. The Bertz CT molecular complexity index is 865. The van der Waals surface area contributed by atoms with Crippen LogP contribution in [0.4, 0.5) is 0 Å². The van der Waals surface area contributed by atoms with Crippen LogP contribution < -0.4 is 10.1 Å². The van der Waals surface area contributed by atoms with E-state index in [2.05, 4.69) is 11.4 Å². The van der Waals surface area contributed by atoms with E-state index in [1.165, 1.54) is 18.4 Å². The summed E-state index contributed by atoms with van der Waals surface area (Å²) in [6, 6.07) is 18.4. The fourth-order valence-corrected chi connectivity index (χ4v) is 3.73. The van der Waals surface area contributed by atoms with E-state index < -0.39 is 6.04 Å². The molecule has 2 amide bonds. The molecule has 0 saturated heterocycles. The van der Waals surface area contributed by atoms with E-state index in [0.717, 1.165) is 24.8 Å². The monoisotopic (exact) mass is 420 g/mol. The Morgan fingerprint density at radius 1 is 1.03 bits per heavy atom. The van der Waals surface area contributed by atoms with Crippen LogP contribution in [0, 0.1) is 0 Å². The lowest BCUT2D eigenvalue weighted by Gasteiger charge is -2.29. The van der Waals surface area contributed by atoms with Crippen LogP contribution in [0.15, 0.2) is 72.3 Å². The molecule has 0 aliphatic heterocycles. The van der Waals surface area contributed by atoms with Crippen molar-refractivity contribution in [2.75, 3.05) is 13.2 Å². The normalized spacial score (nSPS) is 14.3. The second-order valence-corrected chi connectivity index (χ2v) is 7.93. The summed E-state index contributed by atoms with van der Waals surface area (Å²) in [4.78, 5) is 27.4. The maximum absolute atomic E-state index is 13.0. The summed E-state index contributed by atoms with van der Waals surface area (Å²) in [5, 5.41) is 3.01. The van der Waals surface area contributed by atoms with E-state index in [1.807, 2.05) is 60.7 Å². The van der Waals surface area contributed by atoms with Crippen molar-refractivity contribution in [3.05, 3.63) is 77.9 Å². The number of hydrogen-bond donors (Lipinski definition) is 1. The van der Waals surface area contributed by atoms with Crippen molar-refractivity contribution >= 4 is 11.8 Å². The topological polar surface area (TPSA) is 58.6 Å². The average molecular weight is 421 g/mol. The number of rotatable bonds is 10. The third kappa shape index (κ3) is 7.28. The molecule has 1 aliphatic carbocycles. The van der Waals surface area contributed by atoms with Crippen LogP contribution >= 0.6 is 0 Å². The first-order valence-corrected chi connectivity index (χ1v) is 11.1. The molecule has 0 heterocycles. The third-order valence-corrected chi connectivity index (χ3v) is 5.60. The number of ether oxygens (including phenoxy) is 1. The van der Waals surface area contributed by atoms with E-state index in [4.69, 9.17) is 4.74 Å². The predicted molar refractivity (Wildman–Crippen MR) is 123 cm³/mol. The van der Waals surface area contributed by atoms with E-state index in [9.17, 15) is 9.59 Å². The van der Waals surface area contributed by atoms with Crippen molar-refractivity contribution in [3.8, 4) is 5.75 Å². The Balaban J connectivity index is 1.60. The molecule has 1 aliphatic rings. The molecule has 0 saturated carbocycles. The molecule has 0 aromatic heterocycles. The molecule has 0 spiro atoms. The smallest absolute Gasteiger partial charge is 0.261 e. The molecule has 1 unspecified atom stereocenters. The van der Waals surface area contributed by atoms with E-state index in [1.54, 1.807) is 11.8 Å². The van der Waals surface area contributed by atoms with Gasteiger partial charge in [0.2, 0.25) is 5.91 Å². The zero-order valence-electron chi connectivity index (χ0n) is 18.3. The second kappa shape index (κ2) is 11.9. The Labute approximate surface area is 185 Å². The number of amides is 2. The Kier molecular flexibility index (Phi) is 8.71. The lowest BCUT2D eigenvalue weighted by Crippen LogP contribution is -2.49. The predicted octanol–water partition coefficient (Wildman–Crippen LogP) is 4.49. The quantitative estimate of drug-likeness (QED) is 0.576. The molecule has 31 heavy (non-hydrogen) atoms. The summed E-state index contributed by atoms with van der Waals surface area (Å²) in [6.07, 6.45) is 7.93. The van der Waals surface area contributed by atoms with Crippen molar-refractivity contribution in [1.29, 1.82) is 0 Å². The van der Waals surface area contributed by atoms with Gasteiger partial charge in [0.15, 0.2) is 6.61 Å². The molecule has 5 heteroatoms. The van der Waals surface area contributed by atoms with Gasteiger partial charge in [0.25, 0.3) is 5.91 Å². The average Bonchev–Trinajstić information content (AvgIpc) is 2.82. The lowest BCUT2D eigenvalue weighted by atomic mass is 9.97. The number of para-hydroxylation sites is 1. The zero-order chi connectivity index (χ0) is 21.9. The fourth-order valence-electron chi connectivity index (χ4n) is 3.73. The van der Waals surface area contributed by atoms with Crippen molar-refractivity contribution in [2.24, 2.45) is 0 Å². The van der Waals surface area contributed by atoms with Gasteiger partial charge in [0, 0.05) is 13.1 Å². The number of nitrogens with one attached hydrogen (secondary N) is 1. The van der Waals surface area contributed by atoms with Gasteiger partial charge < -0.3 is 15.0 Å². The summed E-state index contributed by atoms with van der Waals surface area (Å²) in [5.74, 6) is 0.277. The van der Waals surface area contributed by atoms with Gasteiger partial charge in [0.1, 0.15) is 11.8 Å². The standard InChI is InChI=1S/C26H32N2O3/c1-21(26(30)27-18-17-22-11-5-2-6-12-22)28(19-23-13-7-3-8-14-23)25(29)20-31-24-15-9-4-10-16-24/h3-4,7-11,13-16,21H,2,5-6,12,17-20H2,1H3,(H,27,30). The Morgan fingerprint density at radius 3 is 2.42 bits per heavy atom. The van der Waals surface area contributed by atoms with Gasteiger partial charge in [-0.2, -0.15) is 0 Å². The van der Waals surface area contributed by atoms with Gasteiger partial charge >= 0.3 is 0 Å². The molecule has 164 valence electrons. The molecule has 0 fully saturated rings. The lowest BCUT2D eigenvalue weighted by molar-refractivity contribution is -0.142. The van der Waals surface area contributed by atoms with E-state index in [0.29, 0.717) is 18.8 Å². The summed E-state index contributed by atoms with van der Waals surface area (Å²) in [6.45, 7) is 2.63. The highest BCUT2D eigenvalue weighted by Crippen LogP contribution is 2.19. The van der Waals surface area contributed by atoms with Crippen LogP contribution in [0.1, 0.15) is 44.6 Å². The molecule has 0 radical (unpaired) electrons. The summed E-state index contributed by atoms with van der Waals surface area (Å²) in [5.41, 5.74) is 2.40. The van der Waals surface area contributed by atoms with Crippen LogP contribution in [-0.2, 0) is 16.1 Å². The molecule has 1 atom stereocenters. The first kappa shape index (κ1) is 22.6. The minimum Gasteiger partial charge on any atom is -0.484 e. The maximum atomic E-state index is 13.0. The summed E-state index contributed by atoms with van der Waals surface area (Å²) in [7, 11) is 0. The molecule has 3 rings (SSSR count). The molecule has 1 N–H and O–H groups in total. The van der Waals surface area contributed by atoms with Gasteiger partial charge in [-0.25, -0.2) is 0 Å². The number of carbonyl (C=O) groups is 2. The fraction of sp³-hybridized carbons (Fsp3) is 0.385. The first-order valence-electron chi connectivity index (χ1n) is 11.1. The van der Waals surface area contributed by atoms with E-state index >= 15 is 0 Å². The van der Waals surface area contributed by atoms with Gasteiger partial charge in [-0.15, -0.1) is 0 Å². The summed E-state index contributed by atoms with van der Waals surface area (Å²) < 4.78 is 5.65. The molecule has 2 aromatic rings. The number of allylic oxidation sites excluding steroid dienone is 1. The SMILES string of the molecule is CC(C(=O)NCCC1=CCCCC1)N(Cc1ccccc1)C(=O)COc1ccccc1. The molecule has 2 aromatic carbocycles. The second-order valence-electron chi connectivity index (χ2n) is 7.93. The van der Waals surface area contributed by atoms with Gasteiger partial charge in [-0.1, -0.05) is 60.2 Å². The highest BCUT2D eigenvalue weighted by Gasteiger charge is 2.26. The van der Waals surface area contributed by atoms with Crippen molar-refractivity contribution in [2.45, 2.75) is 51.6 Å². The Hall–Kier alpha value is -3.08. The van der Waals surface area contributed by atoms with Gasteiger partial charge in [-0.05, 0) is 56.7 Å². The van der Waals surface area contributed by atoms with Crippen LogP contribution in [-0.4, -0.2) is 35.9 Å². The highest BCUT2D eigenvalue weighted by molar-refractivity contribution is 5.87. The van der Waals surface area contributed by atoms with Crippen LogP contribution in [0.2, 0.25) is 0 Å². The third-order valence-electron chi connectivity index (χ3n) is 5.60. The number of benzene rings is 2. The number of hydrogen-bond acceptors (Lipinski definition) is 3. The van der Waals surface area contributed by atoms with Crippen LogP contribution in [0.25, 0.3) is 0 Å². The number of carbonyl (C=O) groups excluding carboxylic acids is 2. The van der Waals surface area contributed by atoms with Crippen molar-refractivity contribution < 1.29 is 14.3 Å². The van der Waals surface area contributed by atoms with Crippen molar-refractivity contribution in [3.63, 3.8) is 0 Å². The van der Waals surface area contributed by atoms with Gasteiger partial charge in [-0.3, -0.25) is 9.59 Å². The Morgan fingerprint density at radius 2 is 1.74 bits per heavy atom. The molecule has 0 bridgehead atoms. The van der Waals surface area contributed by atoms with E-state index in [-0.39, 0.29) is 18.4 Å². The molecule has 5 nitrogen and oxygen atoms in total. The van der Waals surface area contributed by atoms with Crippen LogP contribution in [0.3, 0.4) is 0 Å². The minimum absolute atomic E-state index is 0.110. The van der Waals surface area contributed by atoms with Gasteiger partial charge in [0.05, 0.1) is 0 Å².